The molecule has 0 spiro atoms. The van der Waals surface area contributed by atoms with Gasteiger partial charge < -0.3 is 20.3 Å². The average Bonchev–Trinajstić information content (AvgIpc) is 2.42. The SMILES string of the molecule is CCCCC(N)(C(=O)OCc1ccccc1)P(=O)(O)O. The van der Waals surface area contributed by atoms with Gasteiger partial charge in [0.1, 0.15) is 6.61 Å². The van der Waals surface area contributed by atoms with E-state index in [2.05, 4.69) is 0 Å². The molecule has 1 rings (SSSR count). The molecule has 4 N–H and O–H groups in total. The highest BCUT2D eigenvalue weighted by molar-refractivity contribution is 7.54. The fourth-order valence-corrected chi connectivity index (χ4v) is 2.41. The lowest BCUT2D eigenvalue weighted by Gasteiger charge is -2.27. The minimum Gasteiger partial charge on any atom is -0.459 e. The molecule has 0 amide bonds. The molecule has 0 radical (unpaired) electrons. The summed E-state index contributed by atoms with van der Waals surface area (Å²) in [5.74, 6) is -1.07. The van der Waals surface area contributed by atoms with Crippen molar-refractivity contribution in [3.8, 4) is 0 Å². The molecule has 0 aliphatic rings. The maximum atomic E-state index is 12.0. The van der Waals surface area contributed by atoms with Crippen molar-refractivity contribution in [3.63, 3.8) is 0 Å². The predicted molar refractivity (Wildman–Crippen MR) is 74.7 cm³/mol. The van der Waals surface area contributed by atoms with Gasteiger partial charge in [-0.15, -0.1) is 0 Å². The Morgan fingerprint density at radius 1 is 1.35 bits per heavy atom. The van der Waals surface area contributed by atoms with Crippen LogP contribution in [0.5, 0.6) is 0 Å². The lowest BCUT2D eigenvalue weighted by molar-refractivity contribution is -0.149. The Bertz CT molecular complexity index is 487. The van der Waals surface area contributed by atoms with E-state index >= 15 is 0 Å². The van der Waals surface area contributed by atoms with Crippen molar-refractivity contribution in [2.75, 3.05) is 0 Å². The highest BCUT2D eigenvalue weighted by Gasteiger charge is 2.51. The third kappa shape index (κ3) is 4.15. The predicted octanol–water partition coefficient (Wildman–Crippen LogP) is 1.75. The zero-order chi connectivity index (χ0) is 15.2. The van der Waals surface area contributed by atoms with Gasteiger partial charge in [0.15, 0.2) is 0 Å². The molecule has 0 bridgehead atoms. The molecule has 1 aromatic carbocycles. The summed E-state index contributed by atoms with van der Waals surface area (Å²) < 4.78 is 16.4. The van der Waals surface area contributed by atoms with E-state index in [-0.39, 0.29) is 13.0 Å². The van der Waals surface area contributed by atoms with Gasteiger partial charge in [0.05, 0.1) is 0 Å². The van der Waals surface area contributed by atoms with Gasteiger partial charge in [-0.2, -0.15) is 0 Å². The fraction of sp³-hybridized carbons (Fsp3) is 0.462. The molecular formula is C13H20NO5P. The van der Waals surface area contributed by atoms with E-state index in [4.69, 9.17) is 10.5 Å². The number of carbonyl (C=O) groups is 1. The Balaban J connectivity index is 2.76. The van der Waals surface area contributed by atoms with Crippen molar-refractivity contribution < 1.29 is 23.9 Å². The van der Waals surface area contributed by atoms with Gasteiger partial charge in [0.25, 0.3) is 0 Å². The minimum atomic E-state index is -4.79. The molecule has 0 heterocycles. The second-order valence-electron chi connectivity index (χ2n) is 4.63. The van der Waals surface area contributed by atoms with Crippen LogP contribution >= 0.6 is 7.60 Å². The number of unbranched alkanes of at least 4 members (excludes halogenated alkanes) is 1. The Kier molecular flexibility index (Phi) is 5.89. The summed E-state index contributed by atoms with van der Waals surface area (Å²) in [6.07, 6.45) is 0.994. The quantitative estimate of drug-likeness (QED) is 0.523. The van der Waals surface area contributed by atoms with Crippen LogP contribution in [0.2, 0.25) is 0 Å². The molecule has 1 aromatic rings. The Morgan fingerprint density at radius 2 is 1.95 bits per heavy atom. The second-order valence-corrected chi connectivity index (χ2v) is 6.52. The monoisotopic (exact) mass is 301 g/mol. The molecule has 6 nitrogen and oxygen atoms in total. The van der Waals surface area contributed by atoms with Crippen molar-refractivity contribution in [1.82, 2.24) is 0 Å². The minimum absolute atomic E-state index is 0.0647. The summed E-state index contributed by atoms with van der Waals surface area (Å²) >= 11 is 0. The van der Waals surface area contributed by atoms with Crippen LogP contribution in [0.25, 0.3) is 0 Å². The van der Waals surface area contributed by atoms with Crippen molar-refractivity contribution in [2.24, 2.45) is 5.73 Å². The summed E-state index contributed by atoms with van der Waals surface area (Å²) in [7, 11) is -4.79. The lowest BCUT2D eigenvalue weighted by Crippen LogP contribution is -2.48. The van der Waals surface area contributed by atoms with E-state index in [9.17, 15) is 19.1 Å². The number of hydrogen-bond donors (Lipinski definition) is 3. The molecule has 0 saturated carbocycles. The zero-order valence-corrected chi connectivity index (χ0v) is 12.3. The maximum Gasteiger partial charge on any atom is 0.356 e. The maximum absolute atomic E-state index is 12.0. The smallest absolute Gasteiger partial charge is 0.356 e. The van der Waals surface area contributed by atoms with Gasteiger partial charge in [-0.3, -0.25) is 4.57 Å². The summed E-state index contributed by atoms with van der Waals surface area (Å²) in [5.41, 5.74) is 6.36. The van der Waals surface area contributed by atoms with Crippen molar-refractivity contribution in [2.45, 2.75) is 38.1 Å². The van der Waals surface area contributed by atoms with Gasteiger partial charge in [-0.05, 0) is 12.0 Å². The first-order chi connectivity index (χ1) is 9.31. The number of nitrogens with two attached hydrogens (primary N) is 1. The molecule has 1 unspecified atom stereocenters. The number of carbonyl (C=O) groups excluding carboxylic acids is 1. The van der Waals surface area contributed by atoms with Gasteiger partial charge in [-0.25, -0.2) is 4.79 Å². The first-order valence-corrected chi connectivity index (χ1v) is 7.98. The van der Waals surface area contributed by atoms with E-state index in [1.54, 1.807) is 24.3 Å². The van der Waals surface area contributed by atoms with Gasteiger partial charge in [0, 0.05) is 0 Å². The number of rotatable bonds is 7. The van der Waals surface area contributed by atoms with Gasteiger partial charge >= 0.3 is 13.6 Å². The van der Waals surface area contributed by atoms with Crippen LogP contribution in [0.1, 0.15) is 31.7 Å². The Morgan fingerprint density at radius 3 is 2.45 bits per heavy atom. The molecule has 20 heavy (non-hydrogen) atoms. The highest BCUT2D eigenvalue weighted by atomic mass is 31.2. The topological polar surface area (TPSA) is 110 Å². The summed E-state index contributed by atoms with van der Waals surface area (Å²) in [4.78, 5) is 30.6. The number of ether oxygens (including phenoxy) is 1. The van der Waals surface area contributed by atoms with E-state index in [0.29, 0.717) is 12.8 Å². The van der Waals surface area contributed by atoms with Crippen molar-refractivity contribution in [3.05, 3.63) is 35.9 Å². The molecule has 112 valence electrons. The molecule has 1 atom stereocenters. The fourth-order valence-electron chi connectivity index (χ4n) is 1.66. The first kappa shape index (κ1) is 16.9. The van der Waals surface area contributed by atoms with Gasteiger partial charge in [-0.1, -0.05) is 50.1 Å². The Labute approximate surface area is 118 Å². The van der Waals surface area contributed by atoms with Gasteiger partial charge in [0.2, 0.25) is 5.28 Å². The highest BCUT2D eigenvalue weighted by Crippen LogP contribution is 2.50. The molecule has 0 aromatic heterocycles. The average molecular weight is 301 g/mol. The summed E-state index contributed by atoms with van der Waals surface area (Å²) in [6, 6.07) is 8.86. The lowest BCUT2D eigenvalue weighted by atomic mass is 10.1. The number of benzene rings is 1. The van der Waals surface area contributed by atoms with E-state index in [0.717, 1.165) is 5.56 Å². The third-order valence-corrected chi connectivity index (χ3v) is 4.44. The molecule has 0 aliphatic carbocycles. The number of esters is 1. The third-order valence-electron chi connectivity index (χ3n) is 3.00. The van der Waals surface area contributed by atoms with Crippen LogP contribution in [-0.4, -0.2) is 21.0 Å². The second kappa shape index (κ2) is 6.99. The van der Waals surface area contributed by atoms with Crippen molar-refractivity contribution >= 4 is 13.6 Å². The normalized spacial score (nSPS) is 14.6. The molecule has 0 fully saturated rings. The Hall–Kier alpha value is -1.20. The molecule has 0 aliphatic heterocycles. The summed E-state index contributed by atoms with van der Waals surface area (Å²) in [6.45, 7) is 1.78. The standard InChI is InChI=1S/C13H20NO5P/c1-2-3-9-13(14,20(16,17)18)12(15)19-10-11-7-5-4-6-8-11/h4-8H,2-3,9-10,14H2,1H3,(H2,16,17,18). The van der Waals surface area contributed by atoms with Crippen LogP contribution < -0.4 is 5.73 Å². The molecular weight excluding hydrogens is 281 g/mol. The summed E-state index contributed by atoms with van der Waals surface area (Å²) in [5, 5.41) is -2.27. The molecule has 0 saturated heterocycles. The van der Waals surface area contributed by atoms with E-state index in [1.807, 2.05) is 13.0 Å². The molecule has 7 heteroatoms. The van der Waals surface area contributed by atoms with Crippen LogP contribution in [0.4, 0.5) is 0 Å². The van der Waals surface area contributed by atoms with Crippen LogP contribution in [0.3, 0.4) is 0 Å². The van der Waals surface area contributed by atoms with Crippen LogP contribution in [0.15, 0.2) is 30.3 Å². The van der Waals surface area contributed by atoms with Crippen LogP contribution in [0, 0.1) is 0 Å². The van der Waals surface area contributed by atoms with E-state index in [1.165, 1.54) is 0 Å². The van der Waals surface area contributed by atoms with E-state index < -0.39 is 18.8 Å². The zero-order valence-electron chi connectivity index (χ0n) is 11.4. The largest absolute Gasteiger partial charge is 0.459 e. The van der Waals surface area contributed by atoms with Crippen molar-refractivity contribution in [1.29, 1.82) is 0 Å². The van der Waals surface area contributed by atoms with Crippen LogP contribution in [-0.2, 0) is 20.7 Å². The first-order valence-electron chi connectivity index (χ1n) is 6.37. The number of hydrogen-bond acceptors (Lipinski definition) is 4.